The summed E-state index contributed by atoms with van der Waals surface area (Å²) in [6.07, 6.45) is 6.21. The van der Waals surface area contributed by atoms with E-state index in [-0.39, 0.29) is 41.4 Å². The molecule has 3 amide bonds. The van der Waals surface area contributed by atoms with Crippen LogP contribution >= 0.6 is 11.8 Å². The number of amides is 3. The van der Waals surface area contributed by atoms with Crippen LogP contribution in [0.5, 0.6) is 0 Å². The summed E-state index contributed by atoms with van der Waals surface area (Å²) in [6, 6.07) is -0.523. The lowest BCUT2D eigenvalue weighted by Crippen LogP contribution is -2.56. The van der Waals surface area contributed by atoms with Crippen molar-refractivity contribution in [1.29, 1.82) is 0 Å². The van der Waals surface area contributed by atoms with E-state index in [2.05, 4.69) is 24.5 Å². The van der Waals surface area contributed by atoms with Crippen LogP contribution in [0, 0.1) is 17.8 Å². The van der Waals surface area contributed by atoms with Crippen molar-refractivity contribution in [3.05, 3.63) is 0 Å². The fraction of sp³-hybridized carbons (Fsp3) is 0.864. The number of aliphatic hydroxyl groups is 1. The summed E-state index contributed by atoms with van der Waals surface area (Å²) in [7, 11) is 1.62. The zero-order chi connectivity index (χ0) is 21.9. The van der Waals surface area contributed by atoms with E-state index in [1.807, 2.05) is 0 Å². The van der Waals surface area contributed by atoms with Gasteiger partial charge >= 0.3 is 0 Å². The topological polar surface area (TPSA) is 98.7 Å². The van der Waals surface area contributed by atoms with Crippen molar-refractivity contribution in [3.63, 3.8) is 0 Å². The molecule has 0 radical (unpaired) electrons. The minimum atomic E-state index is -0.523. The molecule has 3 aliphatic heterocycles. The Kier molecular flexibility index (Phi) is 7.71. The largest absolute Gasteiger partial charge is 0.396 e. The number of aliphatic hydroxyl groups excluding tert-OH is 1. The van der Waals surface area contributed by atoms with E-state index in [9.17, 15) is 14.4 Å². The average Bonchev–Trinajstić information content (AvgIpc) is 3.32. The smallest absolute Gasteiger partial charge is 0.244 e. The molecule has 3 heterocycles. The Morgan fingerprint density at radius 2 is 1.97 bits per heavy atom. The highest BCUT2D eigenvalue weighted by molar-refractivity contribution is 8.02. The minimum absolute atomic E-state index is 0.0390. The summed E-state index contributed by atoms with van der Waals surface area (Å²) in [5.41, 5.74) is 0. The summed E-state index contributed by atoms with van der Waals surface area (Å²) in [5, 5.41) is 15.0. The summed E-state index contributed by atoms with van der Waals surface area (Å²) < 4.78 is -0.523. The second-order valence-electron chi connectivity index (χ2n) is 8.98. The van der Waals surface area contributed by atoms with Gasteiger partial charge in [0.2, 0.25) is 17.7 Å². The molecule has 3 N–H and O–H groups in total. The monoisotopic (exact) mass is 439 g/mol. The summed E-state index contributed by atoms with van der Waals surface area (Å²) in [5.74, 6) is -0.772. The van der Waals surface area contributed by atoms with Crippen LogP contribution in [-0.4, -0.2) is 70.5 Å². The molecule has 8 heteroatoms. The summed E-state index contributed by atoms with van der Waals surface area (Å²) >= 11 is 1.72. The van der Waals surface area contributed by atoms with Gasteiger partial charge < -0.3 is 20.6 Å². The maximum absolute atomic E-state index is 13.6. The Hall–Kier alpha value is -1.28. The number of rotatable bonds is 11. The first-order valence-electron chi connectivity index (χ1n) is 11.5. The van der Waals surface area contributed by atoms with Gasteiger partial charge in [0, 0.05) is 32.0 Å². The lowest BCUT2D eigenvalue weighted by Gasteiger charge is -2.38. The molecule has 0 aromatic heterocycles. The van der Waals surface area contributed by atoms with E-state index in [4.69, 9.17) is 5.11 Å². The van der Waals surface area contributed by atoms with Crippen molar-refractivity contribution < 1.29 is 19.5 Å². The minimum Gasteiger partial charge on any atom is -0.396 e. The van der Waals surface area contributed by atoms with Crippen LogP contribution < -0.4 is 10.6 Å². The van der Waals surface area contributed by atoms with Crippen LogP contribution in [0.2, 0.25) is 0 Å². The number of thioether (sulfide) groups is 1. The average molecular weight is 440 g/mol. The van der Waals surface area contributed by atoms with Crippen LogP contribution in [0.4, 0.5) is 0 Å². The van der Waals surface area contributed by atoms with E-state index >= 15 is 0 Å². The number of fused-ring (bicyclic) bond motifs is 1. The molecule has 3 fully saturated rings. The van der Waals surface area contributed by atoms with Crippen LogP contribution in [0.15, 0.2) is 0 Å². The Morgan fingerprint density at radius 3 is 2.63 bits per heavy atom. The predicted molar refractivity (Wildman–Crippen MR) is 118 cm³/mol. The first kappa shape index (κ1) is 23.4. The molecule has 3 aliphatic rings. The second-order valence-corrected chi connectivity index (χ2v) is 10.5. The SMILES string of the molecule is CCCCCNC(=O)C1N(CCCCCO)C(=O)[C@@H]2[C@@H](C(=O)NC)[C@H]3CC(C)C12S3. The van der Waals surface area contributed by atoms with Crippen molar-refractivity contribution in [1.82, 2.24) is 15.5 Å². The van der Waals surface area contributed by atoms with Gasteiger partial charge in [0.05, 0.1) is 16.6 Å². The Bertz CT molecular complexity index is 660. The van der Waals surface area contributed by atoms with Gasteiger partial charge in [-0.05, 0) is 38.0 Å². The van der Waals surface area contributed by atoms with Crippen LogP contribution in [0.3, 0.4) is 0 Å². The molecule has 0 aliphatic carbocycles. The molecule has 170 valence electrons. The van der Waals surface area contributed by atoms with Crippen LogP contribution in [0.25, 0.3) is 0 Å². The Balaban J connectivity index is 1.87. The zero-order valence-electron chi connectivity index (χ0n) is 18.5. The lowest BCUT2D eigenvalue weighted by atomic mass is 9.66. The summed E-state index contributed by atoms with van der Waals surface area (Å²) in [6.45, 7) is 5.53. The highest BCUT2D eigenvalue weighted by Crippen LogP contribution is 2.68. The van der Waals surface area contributed by atoms with Crippen molar-refractivity contribution in [2.45, 2.75) is 74.8 Å². The maximum atomic E-state index is 13.6. The molecule has 0 aromatic rings. The zero-order valence-corrected chi connectivity index (χ0v) is 19.3. The van der Waals surface area contributed by atoms with E-state index in [1.54, 1.807) is 23.7 Å². The number of carbonyl (C=O) groups is 3. The number of hydrogen-bond donors (Lipinski definition) is 3. The van der Waals surface area contributed by atoms with Gasteiger partial charge in [0.15, 0.2) is 0 Å². The van der Waals surface area contributed by atoms with E-state index in [0.717, 1.165) is 38.5 Å². The van der Waals surface area contributed by atoms with Gasteiger partial charge in [0.25, 0.3) is 0 Å². The van der Waals surface area contributed by atoms with Gasteiger partial charge in [-0.1, -0.05) is 26.7 Å². The van der Waals surface area contributed by atoms with Gasteiger partial charge in [-0.15, -0.1) is 11.8 Å². The predicted octanol–water partition coefficient (Wildman–Crippen LogP) is 1.54. The Morgan fingerprint density at radius 1 is 1.20 bits per heavy atom. The standard InChI is InChI=1S/C22H37N3O4S/c1-4-5-7-10-24-20(28)18-22-14(2)13-15(30-22)16(19(27)23-3)17(22)21(29)25(18)11-8-6-9-12-26/h14-18,26H,4-13H2,1-3H3,(H,23,27)(H,24,28)/t14?,15-,16+,17+,18?,22?/m1/s1. The highest BCUT2D eigenvalue weighted by atomic mass is 32.2. The van der Waals surface area contributed by atoms with Crippen molar-refractivity contribution >= 4 is 29.5 Å². The van der Waals surface area contributed by atoms with E-state index in [0.29, 0.717) is 19.5 Å². The van der Waals surface area contributed by atoms with Crippen LogP contribution in [0.1, 0.15) is 58.8 Å². The molecular weight excluding hydrogens is 402 g/mol. The number of hydrogen-bond acceptors (Lipinski definition) is 5. The number of likely N-dealkylation sites (tertiary alicyclic amines) is 1. The number of carbonyl (C=O) groups excluding carboxylic acids is 3. The summed E-state index contributed by atoms with van der Waals surface area (Å²) in [4.78, 5) is 41.5. The molecule has 0 aromatic carbocycles. The molecule has 2 bridgehead atoms. The second kappa shape index (κ2) is 9.90. The highest BCUT2D eigenvalue weighted by Gasteiger charge is 2.75. The molecular formula is C22H37N3O4S. The maximum Gasteiger partial charge on any atom is 0.244 e. The molecule has 1 spiro atoms. The number of nitrogens with zero attached hydrogens (tertiary/aromatic N) is 1. The molecule has 7 nitrogen and oxygen atoms in total. The first-order chi connectivity index (χ1) is 14.4. The molecule has 0 saturated carbocycles. The van der Waals surface area contributed by atoms with Gasteiger partial charge in [-0.3, -0.25) is 14.4 Å². The molecule has 30 heavy (non-hydrogen) atoms. The van der Waals surface area contributed by atoms with Gasteiger partial charge in [0.1, 0.15) is 6.04 Å². The number of nitrogens with one attached hydrogen (secondary N) is 2. The Labute approximate surface area is 184 Å². The molecule has 6 atom stereocenters. The third kappa shape index (κ3) is 3.85. The molecule has 3 unspecified atom stereocenters. The molecule has 3 saturated heterocycles. The fourth-order valence-electron chi connectivity index (χ4n) is 5.78. The van der Waals surface area contributed by atoms with Crippen molar-refractivity contribution in [2.75, 3.05) is 26.7 Å². The first-order valence-corrected chi connectivity index (χ1v) is 12.4. The molecule has 3 rings (SSSR count). The van der Waals surface area contributed by atoms with E-state index in [1.165, 1.54) is 0 Å². The number of unbranched alkanes of at least 4 members (excludes halogenated alkanes) is 4. The fourth-order valence-corrected chi connectivity index (χ4v) is 8.20. The normalized spacial score (nSPS) is 34.3. The lowest BCUT2D eigenvalue weighted by molar-refractivity contribution is -0.140. The van der Waals surface area contributed by atoms with Crippen LogP contribution in [-0.2, 0) is 14.4 Å². The van der Waals surface area contributed by atoms with Gasteiger partial charge in [-0.2, -0.15) is 0 Å². The quantitative estimate of drug-likeness (QED) is 0.424. The third-order valence-electron chi connectivity index (χ3n) is 7.18. The third-order valence-corrected chi connectivity index (χ3v) is 9.26. The van der Waals surface area contributed by atoms with E-state index < -0.39 is 16.7 Å². The van der Waals surface area contributed by atoms with Gasteiger partial charge in [-0.25, -0.2) is 0 Å². The van der Waals surface area contributed by atoms with Crippen molar-refractivity contribution in [2.24, 2.45) is 17.8 Å². The van der Waals surface area contributed by atoms with Crippen molar-refractivity contribution in [3.8, 4) is 0 Å².